The van der Waals surface area contributed by atoms with Crippen LogP contribution in [0.2, 0.25) is 10.0 Å². The van der Waals surface area contributed by atoms with Crippen molar-refractivity contribution in [1.82, 2.24) is 0 Å². The fourth-order valence-electron chi connectivity index (χ4n) is 2.38. The van der Waals surface area contributed by atoms with Gasteiger partial charge in [-0.2, -0.15) is 0 Å². The maximum Gasteiger partial charge on any atom is 0.308 e. The topological polar surface area (TPSA) is 146 Å². The van der Waals surface area contributed by atoms with Crippen molar-refractivity contribution < 1.29 is 44.5 Å². The second-order valence-electron chi connectivity index (χ2n) is 5.87. The van der Waals surface area contributed by atoms with E-state index in [1.165, 1.54) is 12.1 Å². The maximum atomic E-state index is 11.9. The van der Waals surface area contributed by atoms with Crippen molar-refractivity contribution >= 4 is 29.2 Å². The number of carbonyl (C=O) groups excluding carboxylic acids is 1. The first-order valence-corrected chi connectivity index (χ1v) is 8.81. The fraction of sp³-hybridized carbons (Fsp3) is 0.562. The number of ether oxygens (including phenoxy) is 3. The van der Waals surface area contributed by atoms with Gasteiger partial charge in [0.2, 0.25) is 6.29 Å². The quantitative estimate of drug-likeness (QED) is 0.304. The zero-order valence-corrected chi connectivity index (χ0v) is 15.5. The number of halogens is 2. The van der Waals surface area contributed by atoms with Crippen LogP contribution in [-0.2, 0) is 14.3 Å². The normalized spacial score (nSPS) is 28.0. The number of aromatic hydroxyl groups is 1. The molecule has 0 aliphatic carbocycles. The number of phenolic OH excluding ortho intramolecular Hbond substituents is 1. The Morgan fingerprint density at radius 1 is 1.11 bits per heavy atom. The van der Waals surface area contributed by atoms with Gasteiger partial charge in [0.25, 0.3) is 0 Å². The molecule has 5 atom stereocenters. The zero-order chi connectivity index (χ0) is 20.1. The number of hydrogen-bond donors (Lipinski definition) is 5. The van der Waals surface area contributed by atoms with E-state index in [9.17, 15) is 25.2 Å². The van der Waals surface area contributed by atoms with Crippen LogP contribution in [0.3, 0.4) is 0 Å². The van der Waals surface area contributed by atoms with Crippen LogP contribution in [0.1, 0.15) is 12.8 Å². The molecule has 27 heavy (non-hydrogen) atoms. The molecule has 1 saturated heterocycles. The minimum atomic E-state index is -1.65. The summed E-state index contributed by atoms with van der Waals surface area (Å²) in [7, 11) is 0. The van der Waals surface area contributed by atoms with Gasteiger partial charge in [-0.15, -0.1) is 0 Å². The van der Waals surface area contributed by atoms with E-state index in [1.807, 2.05) is 0 Å². The second kappa shape index (κ2) is 9.74. The molecule has 2 rings (SSSR count). The van der Waals surface area contributed by atoms with Crippen LogP contribution in [0.4, 0.5) is 0 Å². The smallest absolute Gasteiger partial charge is 0.308 e. The average Bonchev–Trinajstić information content (AvgIpc) is 2.63. The fourth-order valence-corrected chi connectivity index (χ4v) is 2.75. The molecule has 0 unspecified atom stereocenters. The number of benzene rings is 1. The molecular weight excluding hydrogens is 407 g/mol. The third-order valence-electron chi connectivity index (χ3n) is 3.88. The highest BCUT2D eigenvalue weighted by Crippen LogP contribution is 2.34. The molecule has 0 aromatic heterocycles. The summed E-state index contributed by atoms with van der Waals surface area (Å²) in [5, 5.41) is 47.8. The SMILES string of the molecule is O=C(CCCOc1cc(Cl)c(O)cc1Cl)O[C@H]1O[C@H](CO)[C@@H](O)[C@H](O)[C@H]1O. The van der Waals surface area contributed by atoms with Gasteiger partial charge >= 0.3 is 5.97 Å². The van der Waals surface area contributed by atoms with E-state index in [4.69, 9.17) is 42.5 Å². The summed E-state index contributed by atoms with van der Waals surface area (Å²) in [4.78, 5) is 11.9. The first-order valence-electron chi connectivity index (χ1n) is 8.05. The van der Waals surface area contributed by atoms with Crippen molar-refractivity contribution in [2.75, 3.05) is 13.2 Å². The van der Waals surface area contributed by atoms with Crippen LogP contribution < -0.4 is 4.74 Å². The number of phenols is 1. The van der Waals surface area contributed by atoms with Gasteiger partial charge in [-0.3, -0.25) is 4.79 Å². The van der Waals surface area contributed by atoms with Crippen molar-refractivity contribution in [3.05, 3.63) is 22.2 Å². The van der Waals surface area contributed by atoms with Gasteiger partial charge < -0.3 is 39.7 Å². The lowest BCUT2D eigenvalue weighted by molar-refractivity contribution is -0.292. The summed E-state index contributed by atoms with van der Waals surface area (Å²) in [5.41, 5.74) is 0. The molecule has 1 aliphatic heterocycles. The molecule has 11 heteroatoms. The van der Waals surface area contributed by atoms with Gasteiger partial charge in [-0.1, -0.05) is 23.2 Å². The average molecular weight is 427 g/mol. The molecule has 0 saturated carbocycles. The van der Waals surface area contributed by atoms with Crippen LogP contribution in [0.15, 0.2) is 12.1 Å². The predicted molar refractivity (Wildman–Crippen MR) is 92.7 cm³/mol. The van der Waals surface area contributed by atoms with Crippen LogP contribution >= 0.6 is 23.2 Å². The van der Waals surface area contributed by atoms with Crippen molar-refractivity contribution in [3.8, 4) is 11.5 Å². The number of rotatable bonds is 7. The summed E-state index contributed by atoms with van der Waals surface area (Å²) in [6, 6.07) is 2.57. The Kier molecular flexibility index (Phi) is 7.92. The molecule has 1 aliphatic rings. The molecular formula is C16H20Cl2O9. The van der Waals surface area contributed by atoms with E-state index in [0.29, 0.717) is 0 Å². The van der Waals surface area contributed by atoms with E-state index >= 15 is 0 Å². The van der Waals surface area contributed by atoms with Gasteiger partial charge in [0, 0.05) is 18.6 Å². The summed E-state index contributed by atoms with van der Waals surface area (Å²) < 4.78 is 15.4. The van der Waals surface area contributed by atoms with Crippen molar-refractivity contribution in [2.45, 2.75) is 43.5 Å². The third-order valence-corrected chi connectivity index (χ3v) is 4.48. The Labute approximate surface area is 164 Å². The molecule has 1 aromatic carbocycles. The summed E-state index contributed by atoms with van der Waals surface area (Å²) in [6.07, 6.45) is -7.36. The van der Waals surface area contributed by atoms with Crippen LogP contribution in [0, 0.1) is 0 Å². The molecule has 5 N–H and O–H groups in total. The monoisotopic (exact) mass is 426 g/mol. The van der Waals surface area contributed by atoms with Crippen molar-refractivity contribution in [3.63, 3.8) is 0 Å². The summed E-state index contributed by atoms with van der Waals surface area (Å²) >= 11 is 11.7. The maximum absolute atomic E-state index is 11.9. The Hall–Kier alpha value is -1.33. The van der Waals surface area contributed by atoms with Gasteiger partial charge in [-0.05, 0) is 6.42 Å². The molecule has 0 spiro atoms. The van der Waals surface area contributed by atoms with Crippen LogP contribution in [-0.4, -0.2) is 75.4 Å². The van der Waals surface area contributed by atoms with Gasteiger partial charge in [0.1, 0.15) is 35.9 Å². The Bertz CT molecular complexity index is 655. The summed E-state index contributed by atoms with van der Waals surface area (Å²) in [6.45, 7) is -0.534. The standard InChI is InChI=1S/C16H20Cl2O9/c17-7-5-10(8(18)4-9(7)20)25-3-1-2-12(21)27-16-15(24)14(23)13(22)11(6-19)26-16/h4-5,11,13-16,19-20,22-24H,1-3,6H2/t11-,13-,14+,15-,16-/m1/s1. The van der Waals surface area contributed by atoms with Crippen LogP contribution in [0.5, 0.6) is 11.5 Å². The van der Waals surface area contributed by atoms with E-state index in [0.717, 1.165) is 0 Å². The first kappa shape index (κ1) is 22.0. The van der Waals surface area contributed by atoms with Gasteiger partial charge in [0.05, 0.1) is 23.3 Å². The molecule has 0 amide bonds. The second-order valence-corrected chi connectivity index (χ2v) is 6.69. The van der Waals surface area contributed by atoms with Crippen LogP contribution in [0.25, 0.3) is 0 Å². The lowest BCUT2D eigenvalue weighted by Gasteiger charge is -2.39. The predicted octanol–water partition coefficient (Wildman–Crippen LogP) is 0.201. The minimum absolute atomic E-state index is 0.0661. The Balaban J connectivity index is 1.78. The largest absolute Gasteiger partial charge is 0.506 e. The van der Waals surface area contributed by atoms with E-state index in [1.54, 1.807) is 0 Å². The van der Waals surface area contributed by atoms with Crippen molar-refractivity contribution in [2.24, 2.45) is 0 Å². The molecule has 9 nitrogen and oxygen atoms in total. The number of carbonyl (C=O) groups is 1. The lowest BCUT2D eigenvalue weighted by Crippen LogP contribution is -2.59. The van der Waals surface area contributed by atoms with E-state index in [-0.39, 0.29) is 41.0 Å². The number of esters is 1. The zero-order valence-electron chi connectivity index (χ0n) is 14.0. The van der Waals surface area contributed by atoms with E-state index in [2.05, 4.69) is 0 Å². The highest BCUT2D eigenvalue weighted by atomic mass is 35.5. The molecule has 1 aromatic rings. The molecule has 152 valence electrons. The highest BCUT2D eigenvalue weighted by Gasteiger charge is 2.45. The molecule has 1 heterocycles. The molecule has 0 radical (unpaired) electrons. The molecule has 0 bridgehead atoms. The van der Waals surface area contributed by atoms with Gasteiger partial charge in [-0.25, -0.2) is 0 Å². The number of hydrogen-bond acceptors (Lipinski definition) is 9. The number of aliphatic hydroxyl groups is 4. The van der Waals surface area contributed by atoms with Gasteiger partial charge in [0.15, 0.2) is 0 Å². The Morgan fingerprint density at radius 2 is 1.81 bits per heavy atom. The highest BCUT2D eigenvalue weighted by molar-refractivity contribution is 6.35. The third kappa shape index (κ3) is 5.58. The first-order chi connectivity index (χ1) is 12.7. The van der Waals surface area contributed by atoms with E-state index < -0.39 is 43.3 Å². The number of aliphatic hydroxyl groups excluding tert-OH is 4. The summed E-state index contributed by atoms with van der Waals surface area (Å²) in [5.74, 6) is -0.684. The molecule has 1 fully saturated rings. The van der Waals surface area contributed by atoms with Crippen molar-refractivity contribution in [1.29, 1.82) is 0 Å². The lowest BCUT2D eigenvalue weighted by atomic mass is 9.99. The minimum Gasteiger partial charge on any atom is -0.506 e. The Morgan fingerprint density at radius 3 is 2.48 bits per heavy atom.